The fraction of sp³-hybridized carbons (Fsp3) is 0.556. The van der Waals surface area contributed by atoms with Gasteiger partial charge in [0.05, 0.1) is 12.6 Å². The van der Waals surface area contributed by atoms with Gasteiger partial charge < -0.3 is 14.6 Å². The van der Waals surface area contributed by atoms with Gasteiger partial charge in [-0.05, 0) is 6.92 Å². The van der Waals surface area contributed by atoms with Crippen LogP contribution in [-0.4, -0.2) is 36.7 Å². The van der Waals surface area contributed by atoms with Gasteiger partial charge in [0.2, 0.25) is 0 Å². The van der Waals surface area contributed by atoms with Crippen LogP contribution < -0.4 is 5.32 Å². The third-order valence-electron chi connectivity index (χ3n) is 1.75. The van der Waals surface area contributed by atoms with Crippen molar-refractivity contribution in [1.82, 2.24) is 10.5 Å². The standard InChI is InChI=1S/C9H13ClN2O3/c1-6-3-8(12-15-6)9(13)11-7(4-10)5-14-2/h3,7H,4-5H2,1-2H3,(H,11,13). The number of hydrogen-bond acceptors (Lipinski definition) is 4. The van der Waals surface area contributed by atoms with Crippen molar-refractivity contribution >= 4 is 17.5 Å². The van der Waals surface area contributed by atoms with Crippen molar-refractivity contribution < 1.29 is 14.1 Å². The highest BCUT2D eigenvalue weighted by Gasteiger charge is 2.15. The van der Waals surface area contributed by atoms with Crippen LogP contribution in [0.1, 0.15) is 16.2 Å². The van der Waals surface area contributed by atoms with Crippen molar-refractivity contribution in [1.29, 1.82) is 0 Å². The van der Waals surface area contributed by atoms with E-state index < -0.39 is 0 Å². The molecule has 0 spiro atoms. The molecule has 1 rings (SSSR count). The van der Waals surface area contributed by atoms with Crippen LogP contribution in [0, 0.1) is 6.92 Å². The molecule has 84 valence electrons. The number of nitrogens with one attached hydrogen (secondary N) is 1. The van der Waals surface area contributed by atoms with Crippen LogP contribution >= 0.6 is 11.6 Å². The van der Waals surface area contributed by atoms with Crippen LogP contribution in [0.2, 0.25) is 0 Å². The first kappa shape index (κ1) is 12.0. The van der Waals surface area contributed by atoms with Crippen LogP contribution in [0.5, 0.6) is 0 Å². The number of carbonyl (C=O) groups is 1. The highest BCUT2D eigenvalue weighted by Crippen LogP contribution is 2.02. The Bertz CT molecular complexity index is 327. The lowest BCUT2D eigenvalue weighted by Gasteiger charge is -2.13. The Balaban J connectivity index is 2.54. The predicted molar refractivity (Wildman–Crippen MR) is 55.1 cm³/mol. The molecule has 0 bridgehead atoms. The zero-order valence-corrected chi connectivity index (χ0v) is 9.37. The van der Waals surface area contributed by atoms with Gasteiger partial charge in [-0.1, -0.05) is 5.16 Å². The van der Waals surface area contributed by atoms with Gasteiger partial charge in [0.15, 0.2) is 5.69 Å². The summed E-state index contributed by atoms with van der Waals surface area (Å²) in [7, 11) is 1.55. The lowest BCUT2D eigenvalue weighted by atomic mass is 10.3. The summed E-state index contributed by atoms with van der Waals surface area (Å²) in [6, 6.07) is 1.34. The SMILES string of the molecule is COCC(CCl)NC(=O)c1cc(C)on1. The lowest BCUT2D eigenvalue weighted by molar-refractivity contribution is 0.0898. The first-order chi connectivity index (χ1) is 7.17. The Morgan fingerprint density at radius 3 is 3.00 bits per heavy atom. The molecule has 6 heteroatoms. The molecule has 1 aromatic heterocycles. The largest absolute Gasteiger partial charge is 0.383 e. The fourth-order valence-corrected chi connectivity index (χ4v) is 1.22. The number of amides is 1. The zero-order valence-electron chi connectivity index (χ0n) is 8.62. The number of hydrogen-bond donors (Lipinski definition) is 1. The molecule has 1 aromatic rings. The van der Waals surface area contributed by atoms with Gasteiger partial charge in [-0.3, -0.25) is 4.79 Å². The lowest BCUT2D eigenvalue weighted by Crippen LogP contribution is -2.39. The van der Waals surface area contributed by atoms with Crippen LogP contribution in [0.25, 0.3) is 0 Å². The predicted octanol–water partition coefficient (Wildman–Crippen LogP) is 0.967. The summed E-state index contributed by atoms with van der Waals surface area (Å²) in [6.45, 7) is 2.09. The molecule has 0 fully saturated rings. The van der Waals surface area contributed by atoms with E-state index in [1.165, 1.54) is 0 Å². The van der Waals surface area contributed by atoms with Gasteiger partial charge in [0, 0.05) is 19.1 Å². The van der Waals surface area contributed by atoms with Crippen LogP contribution in [0.4, 0.5) is 0 Å². The molecule has 1 heterocycles. The number of nitrogens with zero attached hydrogens (tertiary/aromatic N) is 1. The van der Waals surface area contributed by atoms with Gasteiger partial charge in [-0.2, -0.15) is 0 Å². The Morgan fingerprint density at radius 2 is 2.53 bits per heavy atom. The third-order valence-corrected chi connectivity index (χ3v) is 2.12. The van der Waals surface area contributed by atoms with Crippen LogP contribution in [0.3, 0.4) is 0 Å². The van der Waals surface area contributed by atoms with Crippen molar-refractivity contribution in [3.63, 3.8) is 0 Å². The van der Waals surface area contributed by atoms with Gasteiger partial charge in [-0.15, -0.1) is 11.6 Å². The minimum atomic E-state index is -0.311. The van der Waals surface area contributed by atoms with E-state index in [0.717, 1.165) is 0 Å². The summed E-state index contributed by atoms with van der Waals surface area (Å²) in [4.78, 5) is 11.6. The van der Waals surface area contributed by atoms with Crippen molar-refractivity contribution in [2.75, 3.05) is 19.6 Å². The summed E-state index contributed by atoms with van der Waals surface area (Å²) in [5.41, 5.74) is 0.249. The Labute approximate surface area is 92.7 Å². The molecule has 0 aliphatic carbocycles. The normalized spacial score (nSPS) is 12.5. The van der Waals surface area contributed by atoms with E-state index in [9.17, 15) is 4.79 Å². The van der Waals surface area contributed by atoms with E-state index in [1.807, 2.05) is 0 Å². The van der Waals surface area contributed by atoms with E-state index in [0.29, 0.717) is 12.4 Å². The molecule has 1 atom stereocenters. The second kappa shape index (κ2) is 5.72. The van der Waals surface area contributed by atoms with Gasteiger partial charge in [-0.25, -0.2) is 0 Å². The Hall–Kier alpha value is -1.07. The second-order valence-corrected chi connectivity index (χ2v) is 3.41. The highest BCUT2D eigenvalue weighted by atomic mass is 35.5. The molecule has 0 saturated heterocycles. The average Bonchev–Trinajstić information content (AvgIpc) is 2.64. The minimum absolute atomic E-state index is 0.221. The molecule has 1 amide bonds. The molecular formula is C9H13ClN2O3. The summed E-state index contributed by atoms with van der Waals surface area (Å²) < 4.78 is 9.68. The molecule has 1 N–H and O–H groups in total. The Kier molecular flexibility index (Phi) is 4.58. The average molecular weight is 233 g/mol. The number of halogens is 1. The van der Waals surface area contributed by atoms with E-state index >= 15 is 0 Å². The topological polar surface area (TPSA) is 64.4 Å². The van der Waals surface area contributed by atoms with Crippen molar-refractivity contribution in [3.8, 4) is 0 Å². The van der Waals surface area contributed by atoms with Gasteiger partial charge in [0.25, 0.3) is 5.91 Å². The monoisotopic (exact) mass is 232 g/mol. The Morgan fingerprint density at radius 1 is 1.80 bits per heavy atom. The maximum atomic E-state index is 11.6. The van der Waals surface area contributed by atoms with E-state index in [4.69, 9.17) is 20.9 Å². The van der Waals surface area contributed by atoms with Crippen LogP contribution in [-0.2, 0) is 4.74 Å². The van der Waals surface area contributed by atoms with E-state index in [1.54, 1.807) is 20.1 Å². The number of methoxy groups -OCH3 is 1. The number of alkyl halides is 1. The third kappa shape index (κ3) is 3.53. The number of aryl methyl sites for hydroxylation is 1. The molecule has 0 radical (unpaired) electrons. The second-order valence-electron chi connectivity index (χ2n) is 3.10. The zero-order chi connectivity index (χ0) is 11.3. The van der Waals surface area contributed by atoms with Gasteiger partial charge in [0.1, 0.15) is 5.76 Å². The molecule has 1 unspecified atom stereocenters. The molecule has 0 aromatic carbocycles. The number of ether oxygens (including phenoxy) is 1. The quantitative estimate of drug-likeness (QED) is 0.769. The van der Waals surface area contributed by atoms with Crippen molar-refractivity contribution in [2.45, 2.75) is 13.0 Å². The minimum Gasteiger partial charge on any atom is -0.383 e. The molecular weight excluding hydrogens is 220 g/mol. The molecule has 5 nitrogen and oxygen atoms in total. The van der Waals surface area contributed by atoms with E-state index in [2.05, 4.69) is 10.5 Å². The number of carbonyl (C=O) groups excluding carboxylic acids is 1. The van der Waals surface area contributed by atoms with Crippen molar-refractivity contribution in [3.05, 3.63) is 17.5 Å². The fourth-order valence-electron chi connectivity index (χ4n) is 1.06. The van der Waals surface area contributed by atoms with E-state index in [-0.39, 0.29) is 23.5 Å². The van der Waals surface area contributed by atoms with Crippen LogP contribution in [0.15, 0.2) is 10.6 Å². The number of aromatic nitrogens is 1. The number of rotatable bonds is 5. The first-order valence-corrected chi connectivity index (χ1v) is 5.00. The molecule has 0 aliphatic heterocycles. The summed E-state index contributed by atoms with van der Waals surface area (Å²) >= 11 is 5.64. The maximum Gasteiger partial charge on any atom is 0.273 e. The summed E-state index contributed by atoms with van der Waals surface area (Å²) in [5.74, 6) is 0.569. The first-order valence-electron chi connectivity index (χ1n) is 4.46. The smallest absolute Gasteiger partial charge is 0.273 e. The molecule has 15 heavy (non-hydrogen) atoms. The van der Waals surface area contributed by atoms with Crippen molar-refractivity contribution in [2.24, 2.45) is 0 Å². The highest BCUT2D eigenvalue weighted by molar-refractivity contribution is 6.18. The molecule has 0 aliphatic rings. The summed E-state index contributed by atoms with van der Waals surface area (Å²) in [6.07, 6.45) is 0. The summed E-state index contributed by atoms with van der Waals surface area (Å²) in [5, 5.41) is 6.27. The van der Waals surface area contributed by atoms with Gasteiger partial charge >= 0.3 is 0 Å². The maximum absolute atomic E-state index is 11.6. The molecule has 0 saturated carbocycles.